The van der Waals surface area contributed by atoms with Gasteiger partial charge >= 0.3 is 0 Å². The molecule has 18 heavy (non-hydrogen) atoms. The van der Waals surface area contributed by atoms with Gasteiger partial charge in [0.2, 0.25) is 0 Å². The lowest BCUT2D eigenvalue weighted by Gasteiger charge is -2.30. The number of hydrogen-bond donors (Lipinski definition) is 1. The van der Waals surface area contributed by atoms with Crippen molar-refractivity contribution in [2.75, 3.05) is 6.54 Å². The summed E-state index contributed by atoms with van der Waals surface area (Å²) in [6.45, 7) is 1.61. The number of benzene rings is 1. The van der Waals surface area contributed by atoms with Crippen LogP contribution in [0.5, 0.6) is 0 Å². The van der Waals surface area contributed by atoms with Crippen molar-refractivity contribution in [2.24, 2.45) is 0 Å². The Bertz CT molecular complexity index is 554. The fourth-order valence-corrected chi connectivity index (χ4v) is 2.49. The van der Waals surface area contributed by atoms with Gasteiger partial charge < -0.3 is 5.32 Å². The summed E-state index contributed by atoms with van der Waals surface area (Å²) in [5.41, 5.74) is 3.79. The van der Waals surface area contributed by atoms with E-state index in [0.29, 0.717) is 12.5 Å². The summed E-state index contributed by atoms with van der Waals surface area (Å²) in [6.07, 6.45) is 4.07. The number of aromatic nitrogens is 1. The first-order valence-electron chi connectivity index (χ1n) is 6.21. The first-order chi connectivity index (χ1) is 8.83. The van der Waals surface area contributed by atoms with Gasteiger partial charge in [-0.2, -0.15) is 0 Å². The predicted molar refractivity (Wildman–Crippen MR) is 68.8 cm³/mol. The molecule has 0 aliphatic heterocycles. The van der Waals surface area contributed by atoms with Crippen molar-refractivity contribution in [3.8, 4) is 0 Å². The Labute approximate surface area is 106 Å². The zero-order chi connectivity index (χ0) is 12.4. The molecular formula is C15H15FN2. The van der Waals surface area contributed by atoms with Crippen LogP contribution in [-0.2, 0) is 13.0 Å². The summed E-state index contributed by atoms with van der Waals surface area (Å²) in [5.74, 6) is 0.325. The van der Waals surface area contributed by atoms with Crippen molar-refractivity contribution in [3.63, 3.8) is 0 Å². The van der Waals surface area contributed by atoms with Crippen LogP contribution in [0.1, 0.15) is 22.6 Å². The molecule has 1 aromatic carbocycles. The van der Waals surface area contributed by atoms with Crippen LogP contribution in [0.15, 0.2) is 42.7 Å². The van der Waals surface area contributed by atoms with E-state index < -0.39 is 0 Å². The second kappa shape index (κ2) is 4.86. The van der Waals surface area contributed by atoms with Crippen molar-refractivity contribution in [2.45, 2.75) is 18.9 Å². The maximum Gasteiger partial charge on any atom is 0.141 e. The second-order valence-electron chi connectivity index (χ2n) is 4.74. The van der Waals surface area contributed by atoms with Gasteiger partial charge in [-0.15, -0.1) is 0 Å². The lowest BCUT2D eigenvalue weighted by Crippen LogP contribution is -2.28. The average Bonchev–Trinajstić information content (AvgIpc) is 2.35. The number of halogens is 1. The third-order valence-electron chi connectivity index (χ3n) is 3.44. The molecule has 1 aliphatic carbocycles. The van der Waals surface area contributed by atoms with Gasteiger partial charge in [0.05, 0.1) is 6.20 Å². The van der Waals surface area contributed by atoms with Gasteiger partial charge in [-0.1, -0.05) is 24.3 Å². The number of nitrogens with zero attached hydrogens (tertiary/aromatic N) is 1. The van der Waals surface area contributed by atoms with Crippen molar-refractivity contribution >= 4 is 0 Å². The summed E-state index contributed by atoms with van der Waals surface area (Å²) in [6, 6.07) is 10.1. The van der Waals surface area contributed by atoms with E-state index in [1.807, 2.05) is 0 Å². The van der Waals surface area contributed by atoms with Gasteiger partial charge in [0.1, 0.15) is 5.82 Å². The molecular weight excluding hydrogens is 227 g/mol. The maximum absolute atomic E-state index is 12.9. The van der Waals surface area contributed by atoms with Gasteiger partial charge in [-0.05, 0) is 29.2 Å². The Hall–Kier alpha value is -1.74. The SMILES string of the molecule is Fc1cncc(CNCC2Cc3ccccc32)c1. The Morgan fingerprint density at radius 2 is 2.17 bits per heavy atom. The molecule has 1 atom stereocenters. The molecule has 1 N–H and O–H groups in total. The molecule has 0 amide bonds. The highest BCUT2D eigenvalue weighted by atomic mass is 19.1. The molecule has 1 unspecified atom stereocenters. The largest absolute Gasteiger partial charge is 0.312 e. The Morgan fingerprint density at radius 1 is 1.28 bits per heavy atom. The van der Waals surface area contributed by atoms with E-state index in [9.17, 15) is 4.39 Å². The molecule has 0 radical (unpaired) electrons. The van der Waals surface area contributed by atoms with Crippen LogP contribution in [-0.4, -0.2) is 11.5 Å². The number of rotatable bonds is 4. The van der Waals surface area contributed by atoms with Crippen LogP contribution in [0.4, 0.5) is 4.39 Å². The lowest BCUT2D eigenvalue weighted by atomic mass is 9.77. The molecule has 0 saturated carbocycles. The minimum absolute atomic E-state index is 0.275. The standard InChI is InChI=1S/C15H15FN2/c16-14-5-11(8-18-10-14)7-17-9-13-6-12-3-1-2-4-15(12)13/h1-5,8,10,13,17H,6-7,9H2. The van der Waals surface area contributed by atoms with Crippen LogP contribution < -0.4 is 5.32 Å². The molecule has 2 nitrogen and oxygen atoms in total. The molecule has 0 spiro atoms. The molecule has 1 heterocycles. The van der Waals surface area contributed by atoms with Crippen molar-refractivity contribution < 1.29 is 4.39 Å². The van der Waals surface area contributed by atoms with Crippen LogP contribution >= 0.6 is 0 Å². The fourth-order valence-electron chi connectivity index (χ4n) is 2.49. The topological polar surface area (TPSA) is 24.9 Å². The summed E-state index contributed by atoms with van der Waals surface area (Å²) >= 11 is 0. The molecule has 0 saturated heterocycles. The summed E-state index contributed by atoms with van der Waals surface area (Å²) < 4.78 is 12.9. The van der Waals surface area contributed by atoms with E-state index >= 15 is 0 Å². The third kappa shape index (κ3) is 2.27. The molecule has 3 rings (SSSR count). The lowest BCUT2D eigenvalue weighted by molar-refractivity contribution is 0.533. The van der Waals surface area contributed by atoms with Crippen LogP contribution in [0.3, 0.4) is 0 Å². The van der Waals surface area contributed by atoms with Crippen molar-refractivity contribution in [1.82, 2.24) is 10.3 Å². The van der Waals surface area contributed by atoms with Crippen LogP contribution in [0, 0.1) is 5.82 Å². The summed E-state index contributed by atoms with van der Waals surface area (Å²) in [4.78, 5) is 3.84. The maximum atomic E-state index is 12.9. The third-order valence-corrected chi connectivity index (χ3v) is 3.44. The normalized spacial score (nSPS) is 17.1. The summed E-state index contributed by atoms with van der Waals surface area (Å²) in [5, 5.41) is 3.37. The monoisotopic (exact) mass is 242 g/mol. The second-order valence-corrected chi connectivity index (χ2v) is 4.74. The fraction of sp³-hybridized carbons (Fsp3) is 0.267. The zero-order valence-electron chi connectivity index (χ0n) is 10.1. The zero-order valence-corrected chi connectivity index (χ0v) is 10.1. The van der Waals surface area contributed by atoms with E-state index in [0.717, 1.165) is 18.5 Å². The smallest absolute Gasteiger partial charge is 0.141 e. The molecule has 92 valence electrons. The van der Waals surface area contributed by atoms with E-state index in [4.69, 9.17) is 0 Å². The number of nitrogens with one attached hydrogen (secondary N) is 1. The Kier molecular flexibility index (Phi) is 3.07. The van der Waals surface area contributed by atoms with Crippen molar-refractivity contribution in [3.05, 3.63) is 65.2 Å². The minimum Gasteiger partial charge on any atom is -0.312 e. The molecule has 1 aromatic heterocycles. The van der Waals surface area contributed by atoms with Gasteiger partial charge in [0, 0.05) is 25.2 Å². The molecule has 3 heteroatoms. The van der Waals surface area contributed by atoms with Gasteiger partial charge in [-0.25, -0.2) is 4.39 Å². The van der Waals surface area contributed by atoms with Crippen molar-refractivity contribution in [1.29, 1.82) is 0 Å². The highest BCUT2D eigenvalue weighted by Crippen LogP contribution is 2.33. The van der Waals surface area contributed by atoms with Gasteiger partial charge in [0.15, 0.2) is 0 Å². The summed E-state index contributed by atoms with van der Waals surface area (Å²) in [7, 11) is 0. The average molecular weight is 242 g/mol. The van der Waals surface area contributed by atoms with Gasteiger partial charge in [-0.3, -0.25) is 4.98 Å². The number of hydrogen-bond acceptors (Lipinski definition) is 2. The van der Waals surface area contributed by atoms with E-state index in [2.05, 4.69) is 34.6 Å². The Balaban J connectivity index is 1.52. The first kappa shape index (κ1) is 11.4. The highest BCUT2D eigenvalue weighted by Gasteiger charge is 2.24. The van der Waals surface area contributed by atoms with Crippen LogP contribution in [0.2, 0.25) is 0 Å². The van der Waals surface area contributed by atoms with E-state index in [1.54, 1.807) is 6.20 Å². The molecule has 0 fully saturated rings. The molecule has 2 aromatic rings. The predicted octanol–water partition coefficient (Wildman–Crippen LogP) is 2.65. The minimum atomic E-state index is -0.275. The van der Waals surface area contributed by atoms with Crippen LogP contribution in [0.25, 0.3) is 0 Å². The number of fused-ring (bicyclic) bond motifs is 1. The number of pyridine rings is 1. The highest BCUT2D eigenvalue weighted by molar-refractivity contribution is 5.40. The first-order valence-corrected chi connectivity index (χ1v) is 6.21. The van der Waals surface area contributed by atoms with Gasteiger partial charge in [0.25, 0.3) is 0 Å². The Morgan fingerprint density at radius 3 is 3.00 bits per heavy atom. The molecule has 0 bridgehead atoms. The molecule has 1 aliphatic rings. The quantitative estimate of drug-likeness (QED) is 0.891. The van der Waals surface area contributed by atoms with E-state index in [-0.39, 0.29) is 5.82 Å². The van der Waals surface area contributed by atoms with E-state index in [1.165, 1.54) is 23.4 Å².